The predicted molar refractivity (Wildman–Crippen MR) is 69.2 cm³/mol. The van der Waals surface area contributed by atoms with Gasteiger partial charge >= 0.3 is 0 Å². The molecule has 0 spiro atoms. The standard InChI is InChI=1S/C13H19NO2S/c1-10-8-14(13(2,3)9-16-10)12(15)7-11-5-4-6-17-11/h4-6,10H,7-9H2,1-3H3. The molecular formula is C13H19NO2S. The minimum atomic E-state index is -0.194. The molecule has 1 unspecified atom stereocenters. The van der Waals surface area contributed by atoms with E-state index in [2.05, 4.69) is 13.8 Å². The third-order valence-corrected chi connectivity index (χ3v) is 3.97. The van der Waals surface area contributed by atoms with Gasteiger partial charge in [-0.25, -0.2) is 0 Å². The Morgan fingerprint density at radius 1 is 1.65 bits per heavy atom. The summed E-state index contributed by atoms with van der Waals surface area (Å²) < 4.78 is 5.62. The van der Waals surface area contributed by atoms with Crippen LogP contribution in [-0.2, 0) is 16.0 Å². The van der Waals surface area contributed by atoms with Crippen LogP contribution in [0.5, 0.6) is 0 Å². The second kappa shape index (κ2) is 4.78. The minimum absolute atomic E-state index is 0.135. The van der Waals surface area contributed by atoms with E-state index in [0.717, 1.165) is 4.88 Å². The van der Waals surface area contributed by atoms with Gasteiger partial charge in [-0.1, -0.05) is 6.07 Å². The predicted octanol–water partition coefficient (Wildman–Crippen LogP) is 2.32. The molecule has 2 rings (SSSR count). The summed E-state index contributed by atoms with van der Waals surface area (Å²) in [7, 11) is 0. The van der Waals surface area contributed by atoms with E-state index in [1.165, 1.54) is 0 Å². The Morgan fingerprint density at radius 3 is 3.06 bits per heavy atom. The van der Waals surface area contributed by atoms with Gasteiger partial charge in [-0.3, -0.25) is 4.79 Å². The number of thiophene rings is 1. The summed E-state index contributed by atoms with van der Waals surface area (Å²) in [6.45, 7) is 7.44. The second-order valence-corrected chi connectivity index (χ2v) is 6.23. The van der Waals surface area contributed by atoms with Crippen LogP contribution in [0, 0.1) is 0 Å². The van der Waals surface area contributed by atoms with Crippen LogP contribution in [0.1, 0.15) is 25.6 Å². The summed E-state index contributed by atoms with van der Waals surface area (Å²) in [6, 6.07) is 4.00. The maximum Gasteiger partial charge on any atom is 0.228 e. The van der Waals surface area contributed by atoms with Crippen molar-refractivity contribution in [3.8, 4) is 0 Å². The molecule has 1 amide bonds. The molecule has 0 N–H and O–H groups in total. The zero-order valence-electron chi connectivity index (χ0n) is 10.6. The maximum absolute atomic E-state index is 12.3. The lowest BCUT2D eigenvalue weighted by Crippen LogP contribution is -2.58. The van der Waals surface area contributed by atoms with Crippen molar-refractivity contribution in [2.45, 2.75) is 38.8 Å². The van der Waals surface area contributed by atoms with Crippen LogP contribution in [-0.4, -0.2) is 35.6 Å². The minimum Gasteiger partial charge on any atom is -0.374 e. The molecule has 1 aromatic rings. The van der Waals surface area contributed by atoms with Gasteiger partial charge in [0.1, 0.15) is 0 Å². The highest BCUT2D eigenvalue weighted by molar-refractivity contribution is 7.10. The van der Waals surface area contributed by atoms with Crippen molar-refractivity contribution >= 4 is 17.2 Å². The topological polar surface area (TPSA) is 29.5 Å². The molecule has 1 fully saturated rings. The summed E-state index contributed by atoms with van der Waals surface area (Å²) in [5, 5.41) is 2.01. The van der Waals surface area contributed by atoms with E-state index in [1.54, 1.807) is 11.3 Å². The Hall–Kier alpha value is -0.870. The van der Waals surface area contributed by atoms with Crippen LogP contribution in [0.4, 0.5) is 0 Å². The number of rotatable bonds is 2. The fraction of sp³-hybridized carbons (Fsp3) is 0.615. The molecule has 94 valence electrons. The smallest absolute Gasteiger partial charge is 0.228 e. The number of hydrogen-bond donors (Lipinski definition) is 0. The van der Waals surface area contributed by atoms with Crippen LogP contribution >= 0.6 is 11.3 Å². The second-order valence-electron chi connectivity index (χ2n) is 5.19. The number of nitrogens with zero attached hydrogens (tertiary/aromatic N) is 1. The van der Waals surface area contributed by atoms with Crippen LogP contribution < -0.4 is 0 Å². The number of carbonyl (C=O) groups excluding carboxylic acids is 1. The third kappa shape index (κ3) is 2.87. The zero-order valence-corrected chi connectivity index (χ0v) is 11.4. The Bertz CT molecular complexity index is 386. The molecule has 0 bridgehead atoms. The number of morpholine rings is 1. The molecule has 1 atom stereocenters. The number of carbonyl (C=O) groups is 1. The van der Waals surface area contributed by atoms with Gasteiger partial charge in [-0.15, -0.1) is 11.3 Å². The lowest BCUT2D eigenvalue weighted by atomic mass is 10.0. The lowest BCUT2D eigenvalue weighted by molar-refractivity contribution is -0.152. The van der Waals surface area contributed by atoms with Crippen LogP contribution in [0.2, 0.25) is 0 Å². The first-order valence-corrected chi connectivity index (χ1v) is 6.81. The number of amides is 1. The molecule has 1 saturated heterocycles. The Balaban J connectivity index is 2.06. The third-order valence-electron chi connectivity index (χ3n) is 3.10. The maximum atomic E-state index is 12.3. The molecular weight excluding hydrogens is 234 g/mol. The molecule has 1 aromatic heterocycles. The average Bonchev–Trinajstić information content (AvgIpc) is 2.74. The van der Waals surface area contributed by atoms with E-state index in [9.17, 15) is 4.79 Å². The molecule has 17 heavy (non-hydrogen) atoms. The van der Waals surface area contributed by atoms with Crippen molar-refractivity contribution < 1.29 is 9.53 Å². The zero-order chi connectivity index (χ0) is 12.5. The van der Waals surface area contributed by atoms with Gasteiger partial charge in [0, 0.05) is 11.4 Å². The van der Waals surface area contributed by atoms with Crippen molar-refractivity contribution in [2.75, 3.05) is 13.2 Å². The largest absolute Gasteiger partial charge is 0.374 e. The lowest BCUT2D eigenvalue weighted by Gasteiger charge is -2.44. The highest BCUT2D eigenvalue weighted by Crippen LogP contribution is 2.23. The molecule has 4 heteroatoms. The number of ether oxygens (including phenoxy) is 1. The highest BCUT2D eigenvalue weighted by Gasteiger charge is 2.36. The fourth-order valence-electron chi connectivity index (χ4n) is 2.08. The van der Waals surface area contributed by atoms with Gasteiger partial charge in [-0.05, 0) is 32.2 Å². The van der Waals surface area contributed by atoms with Crippen molar-refractivity contribution in [2.24, 2.45) is 0 Å². The first-order valence-electron chi connectivity index (χ1n) is 5.93. The highest BCUT2D eigenvalue weighted by atomic mass is 32.1. The molecule has 2 heterocycles. The number of hydrogen-bond acceptors (Lipinski definition) is 3. The van der Waals surface area contributed by atoms with E-state index >= 15 is 0 Å². The quantitative estimate of drug-likeness (QED) is 0.809. The molecule has 1 aliphatic heterocycles. The first-order chi connectivity index (χ1) is 7.99. The molecule has 0 radical (unpaired) electrons. The summed E-state index contributed by atoms with van der Waals surface area (Å²) in [5.74, 6) is 0.201. The fourth-order valence-corrected chi connectivity index (χ4v) is 2.77. The summed E-state index contributed by atoms with van der Waals surface area (Å²) in [6.07, 6.45) is 0.642. The Kier molecular flexibility index (Phi) is 3.54. The van der Waals surface area contributed by atoms with Crippen LogP contribution in [0.3, 0.4) is 0 Å². The Labute approximate surface area is 106 Å². The van der Waals surface area contributed by atoms with Crippen molar-refractivity contribution in [3.63, 3.8) is 0 Å². The van der Waals surface area contributed by atoms with Crippen LogP contribution in [0.15, 0.2) is 17.5 Å². The monoisotopic (exact) mass is 253 g/mol. The molecule has 3 nitrogen and oxygen atoms in total. The Morgan fingerprint density at radius 2 is 2.41 bits per heavy atom. The van der Waals surface area contributed by atoms with E-state index in [-0.39, 0.29) is 17.6 Å². The van der Waals surface area contributed by atoms with Gasteiger partial charge in [0.15, 0.2) is 0 Å². The molecule has 0 aromatic carbocycles. The SMILES string of the molecule is CC1CN(C(=O)Cc2cccs2)C(C)(C)CO1. The van der Waals surface area contributed by atoms with Crippen molar-refractivity contribution in [1.29, 1.82) is 0 Å². The van der Waals surface area contributed by atoms with Crippen molar-refractivity contribution in [1.82, 2.24) is 4.90 Å². The average molecular weight is 253 g/mol. The first kappa shape index (κ1) is 12.6. The van der Waals surface area contributed by atoms with Gasteiger partial charge in [0.05, 0.1) is 24.7 Å². The molecule has 0 aliphatic carbocycles. The summed E-state index contributed by atoms with van der Waals surface area (Å²) >= 11 is 1.64. The van der Waals surface area contributed by atoms with Gasteiger partial charge in [-0.2, -0.15) is 0 Å². The van der Waals surface area contributed by atoms with Gasteiger partial charge in [0.25, 0.3) is 0 Å². The van der Waals surface area contributed by atoms with E-state index in [1.807, 2.05) is 29.3 Å². The normalized spacial score (nSPS) is 23.7. The van der Waals surface area contributed by atoms with Gasteiger partial charge in [0.2, 0.25) is 5.91 Å². The van der Waals surface area contributed by atoms with Crippen LogP contribution in [0.25, 0.3) is 0 Å². The van der Waals surface area contributed by atoms with Crippen molar-refractivity contribution in [3.05, 3.63) is 22.4 Å². The summed E-state index contributed by atoms with van der Waals surface area (Å²) in [4.78, 5) is 15.4. The summed E-state index contributed by atoms with van der Waals surface area (Å²) in [5.41, 5.74) is -0.194. The molecule has 1 aliphatic rings. The van der Waals surface area contributed by atoms with Gasteiger partial charge < -0.3 is 9.64 Å². The van der Waals surface area contributed by atoms with E-state index in [0.29, 0.717) is 19.6 Å². The van der Waals surface area contributed by atoms with E-state index in [4.69, 9.17) is 4.74 Å². The molecule has 0 saturated carbocycles. The van der Waals surface area contributed by atoms with E-state index < -0.39 is 0 Å².